The first-order valence-electron chi connectivity index (χ1n) is 5.60. The molecule has 18 heavy (non-hydrogen) atoms. The summed E-state index contributed by atoms with van der Waals surface area (Å²) in [4.78, 5) is 24.4. The van der Waals surface area contributed by atoms with E-state index >= 15 is 0 Å². The lowest BCUT2D eigenvalue weighted by molar-refractivity contribution is 0.0953. The fraction of sp³-hybridized carbons (Fsp3) is 0.143. The number of hydrogen-bond acceptors (Lipinski definition) is 4. The standard InChI is InChI=1S/C14H10O4/c1-7(15)11-6-10-12(16)8-4-2-3-5-9(8)13(17)14(10)18-11/h2-7,15H,1H3/t7-/m1/s1. The van der Waals surface area contributed by atoms with Crippen molar-refractivity contribution < 1.29 is 19.1 Å². The molecule has 1 aliphatic rings. The number of rotatable bonds is 1. The molecule has 4 heteroatoms. The zero-order chi connectivity index (χ0) is 12.9. The first kappa shape index (κ1) is 10.9. The minimum absolute atomic E-state index is 0.0228. The molecule has 0 amide bonds. The molecule has 1 atom stereocenters. The third-order valence-electron chi connectivity index (χ3n) is 3.03. The molecule has 0 bridgehead atoms. The van der Waals surface area contributed by atoms with Crippen LogP contribution in [0.2, 0.25) is 0 Å². The number of ketones is 2. The number of aliphatic hydroxyl groups excluding tert-OH is 1. The van der Waals surface area contributed by atoms with E-state index in [2.05, 4.69) is 0 Å². The lowest BCUT2D eigenvalue weighted by atomic mass is 9.88. The predicted octanol–water partition coefficient (Wildman–Crippen LogP) is 2.11. The van der Waals surface area contributed by atoms with Gasteiger partial charge in [-0.25, -0.2) is 0 Å². The molecule has 1 N–H and O–H groups in total. The van der Waals surface area contributed by atoms with E-state index in [1.54, 1.807) is 24.3 Å². The molecule has 0 fully saturated rings. The first-order chi connectivity index (χ1) is 8.59. The van der Waals surface area contributed by atoms with E-state index in [0.29, 0.717) is 11.1 Å². The second kappa shape index (κ2) is 3.65. The number of hydrogen-bond donors (Lipinski definition) is 1. The maximum absolute atomic E-state index is 12.2. The molecule has 0 saturated carbocycles. The smallest absolute Gasteiger partial charge is 0.229 e. The van der Waals surface area contributed by atoms with Gasteiger partial charge in [0.1, 0.15) is 11.9 Å². The van der Waals surface area contributed by atoms with Gasteiger partial charge in [-0.05, 0) is 13.0 Å². The minimum Gasteiger partial charge on any atom is -0.454 e. The summed E-state index contributed by atoms with van der Waals surface area (Å²) in [6.07, 6.45) is -0.848. The third-order valence-corrected chi connectivity index (χ3v) is 3.03. The van der Waals surface area contributed by atoms with E-state index in [1.165, 1.54) is 13.0 Å². The van der Waals surface area contributed by atoms with Gasteiger partial charge in [-0.2, -0.15) is 0 Å². The van der Waals surface area contributed by atoms with Crippen molar-refractivity contribution in [2.75, 3.05) is 0 Å². The number of carbonyl (C=O) groups is 2. The van der Waals surface area contributed by atoms with Crippen LogP contribution >= 0.6 is 0 Å². The van der Waals surface area contributed by atoms with Crippen molar-refractivity contribution in [2.24, 2.45) is 0 Å². The molecule has 1 aromatic carbocycles. The number of aliphatic hydroxyl groups is 1. The molecule has 0 aliphatic heterocycles. The van der Waals surface area contributed by atoms with Crippen molar-refractivity contribution >= 4 is 11.6 Å². The van der Waals surface area contributed by atoms with Crippen molar-refractivity contribution in [3.8, 4) is 0 Å². The highest BCUT2D eigenvalue weighted by Crippen LogP contribution is 2.31. The highest BCUT2D eigenvalue weighted by molar-refractivity contribution is 6.27. The van der Waals surface area contributed by atoms with Gasteiger partial charge in [-0.3, -0.25) is 9.59 Å². The molecule has 0 saturated heterocycles. The molecule has 3 rings (SSSR count). The number of fused-ring (bicyclic) bond motifs is 2. The summed E-state index contributed by atoms with van der Waals surface area (Å²) in [5.74, 6) is -0.299. The van der Waals surface area contributed by atoms with Crippen LogP contribution in [0.3, 0.4) is 0 Å². The zero-order valence-corrected chi connectivity index (χ0v) is 9.64. The van der Waals surface area contributed by atoms with E-state index in [9.17, 15) is 14.7 Å². The average molecular weight is 242 g/mol. The van der Waals surface area contributed by atoms with E-state index in [-0.39, 0.29) is 28.7 Å². The Balaban J connectivity index is 2.24. The van der Waals surface area contributed by atoms with Gasteiger partial charge in [0.2, 0.25) is 5.78 Å². The summed E-state index contributed by atoms with van der Waals surface area (Å²) in [5.41, 5.74) is 0.962. The molecule has 0 radical (unpaired) electrons. The Morgan fingerprint density at radius 3 is 2.28 bits per heavy atom. The molecular formula is C14H10O4. The maximum atomic E-state index is 12.2. The van der Waals surface area contributed by atoms with Crippen LogP contribution in [0.4, 0.5) is 0 Å². The van der Waals surface area contributed by atoms with Crippen molar-refractivity contribution in [1.29, 1.82) is 0 Å². The monoisotopic (exact) mass is 242 g/mol. The van der Waals surface area contributed by atoms with Gasteiger partial charge in [0.05, 0.1) is 5.56 Å². The van der Waals surface area contributed by atoms with Gasteiger partial charge < -0.3 is 9.52 Å². The van der Waals surface area contributed by atoms with Gasteiger partial charge in [-0.15, -0.1) is 0 Å². The molecule has 0 unspecified atom stereocenters. The van der Waals surface area contributed by atoms with Crippen LogP contribution in [0, 0.1) is 0 Å². The van der Waals surface area contributed by atoms with Crippen LogP contribution in [0.25, 0.3) is 0 Å². The lowest BCUT2D eigenvalue weighted by Gasteiger charge is -2.11. The highest BCUT2D eigenvalue weighted by atomic mass is 16.4. The van der Waals surface area contributed by atoms with Crippen molar-refractivity contribution in [3.63, 3.8) is 0 Å². The third kappa shape index (κ3) is 1.36. The van der Waals surface area contributed by atoms with Gasteiger partial charge in [0.25, 0.3) is 0 Å². The van der Waals surface area contributed by atoms with Gasteiger partial charge in [0.15, 0.2) is 11.5 Å². The van der Waals surface area contributed by atoms with Crippen LogP contribution in [0.1, 0.15) is 50.8 Å². The lowest BCUT2D eigenvalue weighted by Crippen LogP contribution is -2.18. The molecule has 0 spiro atoms. The summed E-state index contributed by atoms with van der Waals surface area (Å²) in [7, 11) is 0. The Morgan fingerprint density at radius 2 is 1.67 bits per heavy atom. The Kier molecular flexibility index (Phi) is 2.21. The Labute approximate surface area is 103 Å². The van der Waals surface area contributed by atoms with Crippen LogP contribution in [0.15, 0.2) is 34.7 Å². The SMILES string of the molecule is C[C@@H](O)c1cc2c(o1)C(=O)c1ccccc1C2=O. The van der Waals surface area contributed by atoms with Crippen LogP contribution < -0.4 is 0 Å². The average Bonchev–Trinajstić information content (AvgIpc) is 2.81. The molecule has 1 aromatic heterocycles. The van der Waals surface area contributed by atoms with E-state index in [4.69, 9.17) is 4.42 Å². The molecule has 4 nitrogen and oxygen atoms in total. The predicted molar refractivity (Wildman–Crippen MR) is 62.6 cm³/mol. The quantitative estimate of drug-likeness (QED) is 0.709. The topological polar surface area (TPSA) is 67.5 Å². The first-order valence-corrected chi connectivity index (χ1v) is 5.60. The molecule has 90 valence electrons. The van der Waals surface area contributed by atoms with Crippen molar-refractivity contribution in [3.05, 3.63) is 58.5 Å². The van der Waals surface area contributed by atoms with Crippen LogP contribution in [-0.4, -0.2) is 16.7 Å². The normalized spacial score (nSPS) is 15.2. The van der Waals surface area contributed by atoms with Gasteiger partial charge in [0, 0.05) is 11.1 Å². The Morgan fingerprint density at radius 1 is 1.06 bits per heavy atom. The molecule has 1 heterocycles. The second-order valence-corrected chi connectivity index (χ2v) is 4.27. The fourth-order valence-corrected chi connectivity index (χ4v) is 2.10. The highest BCUT2D eigenvalue weighted by Gasteiger charge is 2.33. The van der Waals surface area contributed by atoms with Gasteiger partial charge in [-0.1, -0.05) is 24.3 Å². The summed E-state index contributed by atoms with van der Waals surface area (Å²) in [6, 6.07) is 8.07. The number of furan rings is 1. The Bertz CT molecular complexity index is 612. The summed E-state index contributed by atoms with van der Waals surface area (Å²) in [5, 5.41) is 9.45. The number of carbonyl (C=O) groups excluding carboxylic acids is 2. The van der Waals surface area contributed by atoms with Crippen LogP contribution in [-0.2, 0) is 0 Å². The summed E-state index contributed by atoms with van der Waals surface area (Å²) in [6.45, 7) is 1.52. The molecule has 2 aromatic rings. The van der Waals surface area contributed by atoms with Crippen molar-refractivity contribution in [2.45, 2.75) is 13.0 Å². The van der Waals surface area contributed by atoms with E-state index < -0.39 is 6.10 Å². The fourth-order valence-electron chi connectivity index (χ4n) is 2.10. The summed E-state index contributed by atoms with van der Waals surface area (Å²) >= 11 is 0. The molecule has 1 aliphatic carbocycles. The van der Waals surface area contributed by atoms with Crippen LogP contribution in [0.5, 0.6) is 0 Å². The van der Waals surface area contributed by atoms with E-state index in [0.717, 1.165) is 0 Å². The van der Waals surface area contributed by atoms with Crippen molar-refractivity contribution in [1.82, 2.24) is 0 Å². The largest absolute Gasteiger partial charge is 0.454 e. The number of benzene rings is 1. The Hall–Kier alpha value is -2.20. The van der Waals surface area contributed by atoms with E-state index in [1.807, 2.05) is 0 Å². The zero-order valence-electron chi connectivity index (χ0n) is 9.64. The minimum atomic E-state index is -0.848. The van der Waals surface area contributed by atoms with Gasteiger partial charge >= 0.3 is 0 Å². The summed E-state index contributed by atoms with van der Waals surface area (Å²) < 4.78 is 5.29. The molecular weight excluding hydrogens is 232 g/mol. The second-order valence-electron chi connectivity index (χ2n) is 4.27. The maximum Gasteiger partial charge on any atom is 0.229 e.